The number of ether oxygens (including phenoxy) is 2. The topological polar surface area (TPSA) is 89.0 Å². The number of halogens is 1. The van der Waals surface area contributed by atoms with E-state index >= 15 is 0 Å². The van der Waals surface area contributed by atoms with Crippen molar-refractivity contribution in [2.24, 2.45) is 5.10 Å². The molecule has 3 aromatic rings. The van der Waals surface area contributed by atoms with E-state index in [9.17, 15) is 9.59 Å². The first-order chi connectivity index (χ1) is 15.9. The van der Waals surface area contributed by atoms with Crippen LogP contribution in [0.5, 0.6) is 11.5 Å². The summed E-state index contributed by atoms with van der Waals surface area (Å²) >= 11 is 6.27. The molecule has 0 saturated heterocycles. The molecule has 3 aromatic carbocycles. The Morgan fingerprint density at radius 3 is 2.64 bits per heavy atom. The summed E-state index contributed by atoms with van der Waals surface area (Å²) in [5, 5.41) is 7.10. The number of aryl methyl sites for hydroxylation is 2. The van der Waals surface area contributed by atoms with Gasteiger partial charge in [-0.3, -0.25) is 9.59 Å². The SMILES string of the molecule is COc1cccc(C(=O)N/N=C/c2ccc(OCC(=O)Nc3cc(C)ccc3C)c(Cl)c2)c1. The molecule has 33 heavy (non-hydrogen) atoms. The number of hydrogen-bond acceptors (Lipinski definition) is 5. The summed E-state index contributed by atoms with van der Waals surface area (Å²) in [6.07, 6.45) is 1.46. The molecule has 0 aromatic heterocycles. The number of anilines is 1. The number of carbonyl (C=O) groups is 2. The fraction of sp³-hybridized carbons (Fsp3) is 0.160. The minimum atomic E-state index is -0.369. The van der Waals surface area contributed by atoms with Crippen molar-refractivity contribution in [1.82, 2.24) is 5.43 Å². The number of nitrogens with zero attached hydrogens (tertiary/aromatic N) is 1. The second kappa shape index (κ2) is 11.2. The fourth-order valence-corrected chi connectivity index (χ4v) is 3.15. The molecule has 0 spiro atoms. The minimum Gasteiger partial charge on any atom is -0.497 e. The molecule has 0 saturated carbocycles. The number of hydrazone groups is 1. The molecule has 2 N–H and O–H groups in total. The fourth-order valence-electron chi connectivity index (χ4n) is 2.91. The molecule has 2 amide bonds. The van der Waals surface area contributed by atoms with E-state index in [1.165, 1.54) is 13.3 Å². The second-order valence-electron chi connectivity index (χ2n) is 7.28. The van der Waals surface area contributed by atoms with Gasteiger partial charge in [0.2, 0.25) is 0 Å². The van der Waals surface area contributed by atoms with Gasteiger partial charge in [0, 0.05) is 11.3 Å². The quantitative estimate of drug-likeness (QED) is 0.371. The molecule has 170 valence electrons. The molecule has 7 nitrogen and oxygen atoms in total. The van der Waals surface area contributed by atoms with Gasteiger partial charge in [-0.1, -0.05) is 29.8 Å². The Morgan fingerprint density at radius 1 is 1.06 bits per heavy atom. The van der Waals surface area contributed by atoms with Gasteiger partial charge < -0.3 is 14.8 Å². The van der Waals surface area contributed by atoms with Crippen LogP contribution in [-0.2, 0) is 4.79 Å². The van der Waals surface area contributed by atoms with Crippen LogP contribution in [0.1, 0.15) is 27.0 Å². The van der Waals surface area contributed by atoms with Crippen LogP contribution in [0, 0.1) is 13.8 Å². The normalized spacial score (nSPS) is 10.7. The molecule has 0 radical (unpaired) electrons. The minimum absolute atomic E-state index is 0.183. The van der Waals surface area contributed by atoms with E-state index in [0.29, 0.717) is 27.6 Å². The summed E-state index contributed by atoms with van der Waals surface area (Å²) in [5.74, 6) is 0.291. The van der Waals surface area contributed by atoms with Crippen molar-refractivity contribution >= 4 is 35.3 Å². The maximum Gasteiger partial charge on any atom is 0.271 e. The zero-order valence-corrected chi connectivity index (χ0v) is 19.3. The third-order valence-electron chi connectivity index (χ3n) is 4.69. The summed E-state index contributed by atoms with van der Waals surface area (Å²) in [4.78, 5) is 24.4. The Morgan fingerprint density at radius 2 is 1.88 bits per heavy atom. The summed E-state index contributed by atoms with van der Waals surface area (Å²) < 4.78 is 10.7. The Labute approximate surface area is 197 Å². The molecular weight excluding hydrogens is 442 g/mol. The van der Waals surface area contributed by atoms with Crippen molar-refractivity contribution in [2.45, 2.75) is 13.8 Å². The number of nitrogens with one attached hydrogen (secondary N) is 2. The van der Waals surface area contributed by atoms with Gasteiger partial charge >= 0.3 is 0 Å². The lowest BCUT2D eigenvalue weighted by molar-refractivity contribution is -0.118. The molecule has 8 heteroatoms. The van der Waals surface area contributed by atoms with Crippen molar-refractivity contribution < 1.29 is 19.1 Å². The molecule has 0 fully saturated rings. The Hall–Kier alpha value is -3.84. The van der Waals surface area contributed by atoms with Gasteiger partial charge in [0.05, 0.1) is 18.3 Å². The lowest BCUT2D eigenvalue weighted by Gasteiger charge is -2.11. The first kappa shape index (κ1) is 23.8. The van der Waals surface area contributed by atoms with Crippen LogP contribution in [0.15, 0.2) is 65.8 Å². The van der Waals surface area contributed by atoms with Gasteiger partial charge in [-0.15, -0.1) is 0 Å². The predicted octanol–water partition coefficient (Wildman–Crippen LogP) is 4.75. The first-order valence-corrected chi connectivity index (χ1v) is 10.5. The van der Waals surface area contributed by atoms with Crippen molar-refractivity contribution in [2.75, 3.05) is 19.0 Å². The van der Waals surface area contributed by atoms with Gasteiger partial charge in [-0.25, -0.2) is 5.43 Å². The molecule has 0 bridgehead atoms. The van der Waals surface area contributed by atoms with Gasteiger partial charge in [0.15, 0.2) is 6.61 Å². The van der Waals surface area contributed by atoms with E-state index in [2.05, 4.69) is 15.8 Å². The molecule has 0 unspecified atom stereocenters. The second-order valence-corrected chi connectivity index (χ2v) is 7.68. The smallest absolute Gasteiger partial charge is 0.271 e. The van der Waals surface area contributed by atoms with E-state index in [1.807, 2.05) is 32.0 Å². The van der Waals surface area contributed by atoms with Crippen LogP contribution in [0.2, 0.25) is 5.02 Å². The lowest BCUT2D eigenvalue weighted by Crippen LogP contribution is -2.20. The van der Waals surface area contributed by atoms with Crippen LogP contribution in [0.25, 0.3) is 0 Å². The highest BCUT2D eigenvalue weighted by atomic mass is 35.5. The van der Waals surface area contributed by atoms with Crippen LogP contribution in [0.3, 0.4) is 0 Å². The van der Waals surface area contributed by atoms with E-state index < -0.39 is 0 Å². The van der Waals surface area contributed by atoms with Crippen LogP contribution in [-0.4, -0.2) is 31.7 Å². The number of carbonyl (C=O) groups excluding carboxylic acids is 2. The van der Waals surface area contributed by atoms with Gasteiger partial charge in [-0.05, 0) is 73.0 Å². The summed E-state index contributed by atoms with van der Waals surface area (Å²) in [6.45, 7) is 3.70. The summed E-state index contributed by atoms with van der Waals surface area (Å²) in [5.41, 5.74) is 6.29. The van der Waals surface area contributed by atoms with Crippen molar-refractivity contribution in [3.63, 3.8) is 0 Å². The number of hydrogen-bond donors (Lipinski definition) is 2. The van der Waals surface area contributed by atoms with Crippen LogP contribution < -0.4 is 20.2 Å². The van der Waals surface area contributed by atoms with Gasteiger partial charge in [-0.2, -0.15) is 5.10 Å². The standard InChI is InChI=1S/C25H24ClN3O4/c1-16-7-8-17(2)22(11-16)28-24(30)15-33-23-10-9-18(12-21(23)26)14-27-29-25(31)19-5-4-6-20(13-19)32-3/h4-14H,15H2,1-3H3,(H,28,30)(H,29,31)/b27-14+. The molecule has 0 atom stereocenters. The zero-order valence-electron chi connectivity index (χ0n) is 18.5. The van der Waals surface area contributed by atoms with Crippen LogP contribution in [0.4, 0.5) is 5.69 Å². The summed E-state index contributed by atoms with van der Waals surface area (Å²) in [7, 11) is 1.53. The zero-order chi connectivity index (χ0) is 23.8. The Bertz CT molecular complexity index is 1190. The van der Waals surface area contributed by atoms with E-state index in [4.69, 9.17) is 21.1 Å². The predicted molar refractivity (Wildman–Crippen MR) is 130 cm³/mol. The third kappa shape index (κ3) is 6.82. The monoisotopic (exact) mass is 465 g/mol. The largest absolute Gasteiger partial charge is 0.497 e. The van der Waals surface area contributed by atoms with Gasteiger partial charge in [0.1, 0.15) is 11.5 Å². The highest BCUT2D eigenvalue weighted by Crippen LogP contribution is 2.25. The van der Waals surface area contributed by atoms with Crippen molar-refractivity contribution in [3.8, 4) is 11.5 Å². The molecule has 0 aliphatic heterocycles. The highest BCUT2D eigenvalue weighted by molar-refractivity contribution is 6.32. The molecule has 0 aliphatic rings. The van der Waals surface area contributed by atoms with E-state index in [-0.39, 0.29) is 18.4 Å². The maximum absolute atomic E-state index is 12.2. The summed E-state index contributed by atoms with van der Waals surface area (Å²) in [6, 6.07) is 17.6. The molecule has 0 heterocycles. The maximum atomic E-state index is 12.2. The lowest BCUT2D eigenvalue weighted by atomic mass is 10.1. The average Bonchev–Trinajstić information content (AvgIpc) is 2.81. The Kier molecular flexibility index (Phi) is 8.05. The number of benzene rings is 3. The molecule has 3 rings (SSSR count). The van der Waals surface area contributed by atoms with Gasteiger partial charge in [0.25, 0.3) is 11.8 Å². The molecule has 0 aliphatic carbocycles. The number of rotatable bonds is 8. The van der Waals surface area contributed by atoms with E-state index in [1.54, 1.807) is 42.5 Å². The third-order valence-corrected chi connectivity index (χ3v) is 4.99. The first-order valence-electron chi connectivity index (χ1n) is 10.1. The number of methoxy groups -OCH3 is 1. The highest BCUT2D eigenvalue weighted by Gasteiger charge is 2.09. The van der Waals surface area contributed by atoms with E-state index in [0.717, 1.165) is 16.8 Å². The number of amides is 2. The Balaban J connectivity index is 1.54. The van der Waals surface area contributed by atoms with Crippen LogP contribution >= 0.6 is 11.6 Å². The van der Waals surface area contributed by atoms with Crippen molar-refractivity contribution in [1.29, 1.82) is 0 Å². The average molecular weight is 466 g/mol. The molecular formula is C25H24ClN3O4. The van der Waals surface area contributed by atoms with Crippen molar-refractivity contribution in [3.05, 3.63) is 87.9 Å².